The number of carbonyl (C=O) groups excluding carboxylic acids is 2. The summed E-state index contributed by atoms with van der Waals surface area (Å²) < 4.78 is 28.6. The molecule has 2 amide bonds. The van der Waals surface area contributed by atoms with Gasteiger partial charge in [0.25, 0.3) is 5.91 Å². The highest BCUT2D eigenvalue weighted by Gasteiger charge is 2.42. The number of aliphatic hydroxyl groups is 1. The van der Waals surface area contributed by atoms with E-state index in [4.69, 9.17) is 5.73 Å². The molecule has 188 valence electrons. The fraction of sp³-hybridized carbons (Fsp3) is 0.481. The Morgan fingerprint density at radius 3 is 2.23 bits per heavy atom. The van der Waals surface area contributed by atoms with Crippen molar-refractivity contribution in [2.45, 2.75) is 69.7 Å². The molecule has 3 N–H and O–H groups in total. The average molecular weight is 486 g/mol. The number of halogens is 2. The topological polar surface area (TPSA) is 86.9 Å². The summed E-state index contributed by atoms with van der Waals surface area (Å²) in [6, 6.07) is 11.7. The Kier molecular flexibility index (Phi) is 7.24. The number of nitrogens with two attached hydrogens (primary N) is 1. The van der Waals surface area contributed by atoms with Crippen LogP contribution in [0.1, 0.15) is 66.9 Å². The number of amides is 2. The number of primary amides is 1. The second-order valence-electron chi connectivity index (χ2n) is 10.2. The number of piperidine rings is 1. The molecule has 0 saturated carbocycles. The lowest BCUT2D eigenvalue weighted by atomic mass is 9.82. The van der Waals surface area contributed by atoms with Crippen LogP contribution < -0.4 is 5.73 Å². The summed E-state index contributed by atoms with van der Waals surface area (Å²) in [6.07, 6.45) is 3.78. The van der Waals surface area contributed by atoms with E-state index in [-0.39, 0.29) is 36.7 Å². The Bertz CT molecular complexity index is 1070. The van der Waals surface area contributed by atoms with Crippen LogP contribution in [-0.4, -0.2) is 57.5 Å². The molecule has 2 heterocycles. The lowest BCUT2D eigenvalue weighted by Crippen LogP contribution is -2.50. The summed E-state index contributed by atoms with van der Waals surface area (Å²) in [6.45, 7) is 3.29. The molecule has 2 aliphatic rings. The quantitative estimate of drug-likeness (QED) is 0.599. The molecule has 6 nitrogen and oxygen atoms in total. The van der Waals surface area contributed by atoms with Gasteiger partial charge in [-0.2, -0.15) is 0 Å². The number of hydrogen-bond acceptors (Lipinski definition) is 4. The normalized spacial score (nSPS) is 22.3. The molecule has 2 saturated heterocycles. The number of fused-ring (bicyclic) bond motifs is 2. The maximum absolute atomic E-state index is 14.3. The molecule has 2 bridgehead atoms. The Labute approximate surface area is 204 Å². The van der Waals surface area contributed by atoms with E-state index < -0.39 is 29.0 Å². The van der Waals surface area contributed by atoms with E-state index >= 15 is 0 Å². The zero-order chi connectivity index (χ0) is 25.3. The van der Waals surface area contributed by atoms with E-state index in [0.29, 0.717) is 12.1 Å². The van der Waals surface area contributed by atoms with Crippen LogP contribution in [-0.2, 0) is 11.3 Å². The predicted octanol–water partition coefficient (Wildman–Crippen LogP) is 3.57. The summed E-state index contributed by atoms with van der Waals surface area (Å²) in [7, 11) is 0. The van der Waals surface area contributed by atoms with Gasteiger partial charge in [0.1, 0.15) is 17.2 Å². The van der Waals surface area contributed by atoms with E-state index in [9.17, 15) is 23.5 Å². The smallest absolute Gasteiger partial charge is 0.254 e. The number of nitrogens with zero attached hydrogens (tertiary/aromatic N) is 2. The number of hydrogen-bond donors (Lipinski definition) is 2. The molecular formula is C27H33F2N3O3. The molecule has 8 heteroatoms. The van der Waals surface area contributed by atoms with Crippen molar-refractivity contribution in [3.63, 3.8) is 0 Å². The maximum Gasteiger partial charge on any atom is 0.254 e. The molecule has 2 aromatic carbocycles. The van der Waals surface area contributed by atoms with Gasteiger partial charge in [0.05, 0.1) is 6.54 Å². The highest BCUT2D eigenvalue weighted by Crippen LogP contribution is 2.43. The van der Waals surface area contributed by atoms with Crippen molar-refractivity contribution < 1.29 is 23.5 Å². The van der Waals surface area contributed by atoms with E-state index in [0.717, 1.165) is 31.2 Å². The summed E-state index contributed by atoms with van der Waals surface area (Å²) in [5.41, 5.74) is 5.32. The van der Waals surface area contributed by atoms with E-state index in [2.05, 4.69) is 4.90 Å². The van der Waals surface area contributed by atoms with Crippen LogP contribution >= 0.6 is 0 Å². The predicted molar refractivity (Wildman–Crippen MR) is 129 cm³/mol. The third kappa shape index (κ3) is 5.38. The van der Waals surface area contributed by atoms with Crippen molar-refractivity contribution in [1.82, 2.24) is 9.80 Å². The largest absolute Gasteiger partial charge is 0.381 e. The standard InChI is InChI=1S/C27H33F2N3O3/c1-27(2,35)26(34)31(16-22-23(28)8-5-9-24(22)29)12-13-32-18-10-11-19(32)15-17(14-18)20-6-3-4-7-21(20)25(30)33/h3-9,17-19,35H,10-16H2,1-2H3,(H2,30,33). The van der Waals surface area contributed by atoms with Gasteiger partial charge in [0, 0.05) is 36.3 Å². The van der Waals surface area contributed by atoms with Crippen molar-refractivity contribution in [2.24, 2.45) is 5.73 Å². The zero-order valence-corrected chi connectivity index (χ0v) is 20.2. The van der Waals surface area contributed by atoms with Gasteiger partial charge in [0.15, 0.2) is 0 Å². The van der Waals surface area contributed by atoms with Gasteiger partial charge in [-0.25, -0.2) is 8.78 Å². The van der Waals surface area contributed by atoms with Crippen LogP contribution in [0.2, 0.25) is 0 Å². The van der Waals surface area contributed by atoms with Crippen molar-refractivity contribution in [3.8, 4) is 0 Å². The molecule has 2 fully saturated rings. The zero-order valence-electron chi connectivity index (χ0n) is 20.2. The third-order valence-corrected chi connectivity index (χ3v) is 7.40. The monoisotopic (exact) mass is 485 g/mol. The summed E-state index contributed by atoms with van der Waals surface area (Å²) in [4.78, 5) is 28.6. The first-order chi connectivity index (χ1) is 16.6. The van der Waals surface area contributed by atoms with Crippen molar-refractivity contribution in [2.75, 3.05) is 13.1 Å². The van der Waals surface area contributed by atoms with Gasteiger partial charge in [0.2, 0.25) is 5.91 Å². The number of carbonyl (C=O) groups is 2. The van der Waals surface area contributed by atoms with Gasteiger partial charge in [-0.15, -0.1) is 0 Å². The molecule has 0 aromatic heterocycles. The van der Waals surface area contributed by atoms with Gasteiger partial charge < -0.3 is 15.7 Å². The Morgan fingerprint density at radius 1 is 1.06 bits per heavy atom. The van der Waals surface area contributed by atoms with Crippen molar-refractivity contribution in [1.29, 1.82) is 0 Å². The third-order valence-electron chi connectivity index (χ3n) is 7.40. The van der Waals surface area contributed by atoms with E-state index in [1.165, 1.54) is 36.9 Å². The highest BCUT2D eigenvalue weighted by atomic mass is 19.1. The Morgan fingerprint density at radius 2 is 1.66 bits per heavy atom. The molecule has 2 atom stereocenters. The van der Waals surface area contributed by atoms with Gasteiger partial charge in [-0.1, -0.05) is 24.3 Å². The minimum absolute atomic E-state index is 0.185. The summed E-state index contributed by atoms with van der Waals surface area (Å²) >= 11 is 0. The second kappa shape index (κ2) is 10.0. The first kappa shape index (κ1) is 25.3. The molecule has 2 unspecified atom stereocenters. The van der Waals surface area contributed by atoms with Crippen LogP contribution in [0.15, 0.2) is 42.5 Å². The van der Waals surface area contributed by atoms with E-state index in [1.54, 1.807) is 6.07 Å². The lowest BCUT2D eigenvalue weighted by molar-refractivity contribution is -0.149. The molecule has 2 aliphatic heterocycles. The molecular weight excluding hydrogens is 452 g/mol. The lowest BCUT2D eigenvalue weighted by Gasteiger charge is -2.41. The molecule has 0 radical (unpaired) electrons. The first-order valence-electron chi connectivity index (χ1n) is 12.2. The summed E-state index contributed by atoms with van der Waals surface area (Å²) in [5, 5.41) is 10.3. The number of benzene rings is 2. The highest BCUT2D eigenvalue weighted by molar-refractivity contribution is 5.94. The molecule has 0 aliphatic carbocycles. The Hall–Kier alpha value is -2.84. The van der Waals surface area contributed by atoms with Crippen molar-refractivity contribution >= 4 is 11.8 Å². The SMILES string of the molecule is CC(C)(O)C(=O)N(CCN1C2CCC1CC(c1ccccc1C(N)=O)C2)Cc1c(F)cccc1F. The molecule has 0 spiro atoms. The van der Waals surface area contributed by atoms with E-state index in [1.807, 2.05) is 18.2 Å². The fourth-order valence-corrected chi connectivity index (χ4v) is 5.72. The molecule has 4 rings (SSSR count). The van der Waals surface area contributed by atoms with Crippen LogP contribution in [0, 0.1) is 11.6 Å². The van der Waals surface area contributed by atoms with Crippen LogP contribution in [0.3, 0.4) is 0 Å². The molecule has 2 aromatic rings. The van der Waals surface area contributed by atoms with Gasteiger partial charge >= 0.3 is 0 Å². The minimum Gasteiger partial charge on any atom is -0.381 e. The number of rotatable bonds is 8. The van der Waals surface area contributed by atoms with Crippen molar-refractivity contribution in [3.05, 3.63) is 70.8 Å². The summed E-state index contributed by atoms with van der Waals surface area (Å²) in [5.74, 6) is -2.19. The average Bonchev–Trinajstić information content (AvgIpc) is 3.04. The van der Waals surface area contributed by atoms with Crippen LogP contribution in [0.4, 0.5) is 8.78 Å². The maximum atomic E-state index is 14.3. The van der Waals surface area contributed by atoms with Crippen LogP contribution in [0.5, 0.6) is 0 Å². The first-order valence-corrected chi connectivity index (χ1v) is 12.2. The fourth-order valence-electron chi connectivity index (χ4n) is 5.72. The minimum atomic E-state index is -1.66. The second-order valence-corrected chi connectivity index (χ2v) is 10.2. The molecule has 35 heavy (non-hydrogen) atoms. The van der Waals surface area contributed by atoms with Gasteiger partial charge in [-0.3, -0.25) is 14.5 Å². The van der Waals surface area contributed by atoms with Gasteiger partial charge in [-0.05, 0) is 69.2 Å². The Balaban J connectivity index is 1.48. The van der Waals surface area contributed by atoms with Crippen LogP contribution in [0.25, 0.3) is 0 Å².